The molecule has 56 heavy (non-hydrogen) atoms. The molecule has 8 rings (SSSR count). The van der Waals surface area contributed by atoms with Gasteiger partial charge in [0.15, 0.2) is 6.79 Å². The van der Waals surface area contributed by atoms with Crippen molar-refractivity contribution in [2.45, 2.75) is 27.7 Å². The lowest BCUT2D eigenvalue weighted by Gasteiger charge is -2.18. The van der Waals surface area contributed by atoms with E-state index in [1.165, 1.54) is 0 Å². The van der Waals surface area contributed by atoms with Gasteiger partial charge in [0.05, 0.1) is 21.4 Å². The number of aliphatic hydroxyl groups is 1. The van der Waals surface area contributed by atoms with Crippen LogP contribution in [0.3, 0.4) is 0 Å². The average Bonchev–Trinajstić information content (AvgIpc) is 3.17. The Labute approximate surface area is 352 Å². The molecule has 0 saturated carbocycles. The van der Waals surface area contributed by atoms with Gasteiger partial charge in [-0.15, -0.1) is 12.4 Å². The quantitative estimate of drug-likeness (QED) is 0.128. The van der Waals surface area contributed by atoms with Crippen LogP contribution >= 0.6 is 58.8 Å². The molecule has 0 saturated heterocycles. The van der Waals surface area contributed by atoms with Crippen LogP contribution in [0.4, 0.5) is 0 Å². The molecule has 288 valence electrons. The molecule has 0 bridgehead atoms. The molecule has 2 N–H and O–H groups in total. The van der Waals surface area contributed by atoms with Crippen molar-refractivity contribution in [1.29, 1.82) is 0 Å². The number of aromatic hydroxyl groups is 1. The van der Waals surface area contributed by atoms with Crippen molar-refractivity contribution in [3.05, 3.63) is 141 Å². The molecule has 0 spiro atoms. The van der Waals surface area contributed by atoms with Crippen molar-refractivity contribution in [2.24, 2.45) is 0 Å². The number of phenols is 1. The second kappa shape index (κ2) is 19.2. The minimum Gasteiger partial charge on any atom is -0.507 e. The maximum absolute atomic E-state index is 10.7. The fourth-order valence-electron chi connectivity index (χ4n) is 6.63. The lowest BCUT2D eigenvalue weighted by molar-refractivity contribution is 0.0224. The molecule has 2 heterocycles. The predicted octanol–water partition coefficient (Wildman–Crippen LogP) is 13.8. The second-order valence-corrected chi connectivity index (χ2v) is 14.3. The number of phenolic OH excluding ortho intramolecular Hbond substituents is 1. The highest BCUT2D eigenvalue weighted by molar-refractivity contribution is 6.40. The normalized spacial score (nSPS) is 10.8. The van der Waals surface area contributed by atoms with Gasteiger partial charge in [-0.3, -0.25) is 9.97 Å². The first-order valence-corrected chi connectivity index (χ1v) is 19.1. The summed E-state index contributed by atoms with van der Waals surface area (Å²) in [6.07, 6.45) is 3.47. The number of nitrogens with zero attached hydrogens (tertiary/aromatic N) is 2. The Morgan fingerprint density at radius 3 is 1.59 bits per heavy atom. The maximum Gasteiger partial charge on any atom is 0.189 e. The van der Waals surface area contributed by atoms with Gasteiger partial charge in [0.1, 0.15) is 11.5 Å². The van der Waals surface area contributed by atoms with E-state index in [1.54, 1.807) is 31.5 Å². The largest absolute Gasteiger partial charge is 0.507 e. The molecule has 11 heteroatoms. The molecule has 8 aromatic rings. The van der Waals surface area contributed by atoms with Crippen LogP contribution in [0.15, 0.2) is 109 Å². The highest BCUT2D eigenvalue weighted by Crippen LogP contribution is 2.43. The highest BCUT2D eigenvalue weighted by Gasteiger charge is 2.19. The third-order valence-corrected chi connectivity index (χ3v) is 10.1. The van der Waals surface area contributed by atoms with Gasteiger partial charge >= 0.3 is 0 Å². The van der Waals surface area contributed by atoms with Gasteiger partial charge in [-0.2, -0.15) is 0 Å². The summed E-state index contributed by atoms with van der Waals surface area (Å²) in [5.74, 6) is 0.970. The molecule has 0 amide bonds. The minimum absolute atomic E-state index is 0. The van der Waals surface area contributed by atoms with Crippen LogP contribution < -0.4 is 4.74 Å². The number of fused-ring (bicyclic) bond motifs is 4. The summed E-state index contributed by atoms with van der Waals surface area (Å²) in [7, 11) is 0. The number of aliphatic hydroxyl groups excluding tert-OH is 1. The molecule has 0 aliphatic rings. The summed E-state index contributed by atoms with van der Waals surface area (Å²) in [5.41, 5.74) is 4.83. The number of aryl methyl sites for hydroxylation is 2. The molecular formula is C45H39Cl5N2O4. The lowest BCUT2D eigenvalue weighted by atomic mass is 9.96. The van der Waals surface area contributed by atoms with Crippen LogP contribution in [-0.2, 0) is 4.74 Å². The Morgan fingerprint density at radius 1 is 0.607 bits per heavy atom. The van der Waals surface area contributed by atoms with E-state index in [4.69, 9.17) is 61.0 Å². The molecule has 0 atom stereocenters. The topological polar surface area (TPSA) is 84.7 Å². The molecule has 0 unspecified atom stereocenters. The van der Waals surface area contributed by atoms with Crippen LogP contribution in [0.25, 0.3) is 65.6 Å². The summed E-state index contributed by atoms with van der Waals surface area (Å²) in [6, 6.07) is 31.2. The first-order valence-electron chi connectivity index (χ1n) is 17.6. The van der Waals surface area contributed by atoms with E-state index in [0.29, 0.717) is 38.0 Å². The third-order valence-electron chi connectivity index (χ3n) is 9.09. The van der Waals surface area contributed by atoms with Gasteiger partial charge in [-0.25, -0.2) is 0 Å². The van der Waals surface area contributed by atoms with E-state index < -0.39 is 0 Å². The number of ether oxygens (including phenoxy) is 2. The van der Waals surface area contributed by atoms with Gasteiger partial charge in [0, 0.05) is 57.6 Å². The van der Waals surface area contributed by atoms with Gasteiger partial charge in [0.25, 0.3) is 0 Å². The molecule has 0 radical (unpaired) electrons. The Bertz CT molecular complexity index is 2670. The van der Waals surface area contributed by atoms with Gasteiger partial charge < -0.3 is 19.7 Å². The summed E-state index contributed by atoms with van der Waals surface area (Å²) in [4.78, 5) is 9.14. The molecule has 0 aliphatic heterocycles. The number of halogens is 5. The smallest absolute Gasteiger partial charge is 0.189 e. The molecular weight excluding hydrogens is 810 g/mol. The Hall–Kier alpha value is -4.37. The maximum atomic E-state index is 10.7. The van der Waals surface area contributed by atoms with E-state index >= 15 is 0 Å². The molecule has 6 aromatic carbocycles. The Balaban J connectivity index is 0.000000199. The first-order chi connectivity index (χ1) is 26.6. The number of hydrogen-bond donors (Lipinski definition) is 2. The van der Waals surface area contributed by atoms with Crippen LogP contribution in [0, 0.1) is 13.8 Å². The monoisotopic (exact) mass is 846 g/mol. The number of pyridine rings is 2. The van der Waals surface area contributed by atoms with E-state index in [9.17, 15) is 5.11 Å². The average molecular weight is 849 g/mol. The van der Waals surface area contributed by atoms with Crippen molar-refractivity contribution >= 4 is 102 Å². The van der Waals surface area contributed by atoms with Crippen LogP contribution in [0.2, 0.25) is 20.1 Å². The minimum atomic E-state index is 0. The fourth-order valence-corrected chi connectivity index (χ4v) is 7.82. The first kappa shape index (κ1) is 42.8. The van der Waals surface area contributed by atoms with Crippen molar-refractivity contribution in [2.75, 3.05) is 20.0 Å². The number of hydrogen-bond acceptors (Lipinski definition) is 6. The van der Waals surface area contributed by atoms with Crippen molar-refractivity contribution < 1.29 is 19.7 Å². The summed E-state index contributed by atoms with van der Waals surface area (Å²) >= 11 is 25.3. The number of aromatic nitrogens is 2. The number of benzene rings is 6. The zero-order valence-corrected chi connectivity index (χ0v) is 34.9. The highest BCUT2D eigenvalue weighted by atomic mass is 35.5. The van der Waals surface area contributed by atoms with E-state index in [1.807, 2.05) is 80.6 Å². The van der Waals surface area contributed by atoms with Crippen LogP contribution in [0.5, 0.6) is 11.5 Å². The van der Waals surface area contributed by atoms with Crippen molar-refractivity contribution in [1.82, 2.24) is 9.97 Å². The van der Waals surface area contributed by atoms with Gasteiger partial charge in [0.2, 0.25) is 0 Å². The Kier molecular flexibility index (Phi) is 14.6. The summed E-state index contributed by atoms with van der Waals surface area (Å²) < 4.78 is 11.5. The van der Waals surface area contributed by atoms with Gasteiger partial charge in [-0.1, -0.05) is 94.9 Å². The van der Waals surface area contributed by atoms with E-state index in [0.717, 1.165) is 71.2 Å². The molecule has 0 aliphatic carbocycles. The van der Waals surface area contributed by atoms with Crippen molar-refractivity contribution in [3.8, 4) is 34.0 Å². The fraction of sp³-hybridized carbons (Fsp3) is 0.156. The number of rotatable bonds is 6. The molecule has 2 aromatic heterocycles. The summed E-state index contributed by atoms with van der Waals surface area (Å²) in [6.45, 7) is 8.58. The van der Waals surface area contributed by atoms with Crippen molar-refractivity contribution in [3.63, 3.8) is 0 Å². The zero-order chi connectivity index (χ0) is 39.2. The molecule has 6 nitrogen and oxygen atoms in total. The lowest BCUT2D eigenvalue weighted by Crippen LogP contribution is -2.05. The van der Waals surface area contributed by atoms with Crippen LogP contribution in [0.1, 0.15) is 25.0 Å². The third kappa shape index (κ3) is 8.93. The molecule has 0 fully saturated rings. The second-order valence-electron chi connectivity index (χ2n) is 12.6. The predicted molar refractivity (Wildman–Crippen MR) is 238 cm³/mol. The SMILES string of the molecule is CCO.CCOCOc1c(-c2nccc3cc(Cl)cc(Cl)c23)cc2ccccc2c1C.Cc1c(O)c(-c2nccc3cc(Cl)cc(Cl)c23)cc2ccccc12.Cl. The van der Waals surface area contributed by atoms with E-state index in [-0.39, 0.29) is 31.6 Å². The standard InChI is InChI=1S/C23H19Cl2NO2.C20H13Cl2NO.C2H6O.ClH/c1-3-27-13-28-23-14(2)18-7-5-4-6-15(18)11-19(23)22-21-16(8-9-26-22)10-17(24)12-20(21)25;1-11-15-5-3-2-4-12(15)9-16(20(11)24)19-18-13(6-7-23-19)8-14(21)10-17(18)22;1-2-3;/h4-12H,3,13H2,1-2H3;2-10,24H,1H3;3H,2H2,1H3;1H. The summed E-state index contributed by atoms with van der Waals surface area (Å²) in [5, 5.41) is 28.3. The van der Waals surface area contributed by atoms with E-state index in [2.05, 4.69) is 35.1 Å². The van der Waals surface area contributed by atoms with Gasteiger partial charge in [-0.05, 0) is 120 Å². The Morgan fingerprint density at radius 2 is 1.07 bits per heavy atom. The van der Waals surface area contributed by atoms with Crippen LogP contribution in [-0.4, -0.2) is 40.2 Å². The zero-order valence-electron chi connectivity index (χ0n) is 31.0.